The molecule has 1 fully saturated rings. The topological polar surface area (TPSA) is 86.7 Å². The Morgan fingerprint density at radius 3 is 2.57 bits per heavy atom. The van der Waals surface area contributed by atoms with Crippen LogP contribution in [0.5, 0.6) is 0 Å². The summed E-state index contributed by atoms with van der Waals surface area (Å²) in [4.78, 5) is 9.89. The summed E-state index contributed by atoms with van der Waals surface area (Å²) >= 11 is 0. The summed E-state index contributed by atoms with van der Waals surface area (Å²) in [6.07, 6.45) is -2.92. The van der Waals surface area contributed by atoms with Crippen LogP contribution in [0.15, 0.2) is 23.3 Å². The zero-order valence-corrected chi connectivity index (χ0v) is 17.0. The summed E-state index contributed by atoms with van der Waals surface area (Å²) in [7, 11) is -1.48. The van der Waals surface area contributed by atoms with Crippen molar-refractivity contribution in [3.05, 3.63) is 23.9 Å². The molecule has 11 heteroatoms. The minimum atomic E-state index is -4.40. The number of hydrogen-bond donors (Lipinski definition) is 2. The maximum absolute atomic E-state index is 12.5. The maximum atomic E-state index is 12.5. The van der Waals surface area contributed by atoms with Crippen LogP contribution in [0, 0.1) is 0 Å². The quantitative estimate of drug-likeness (QED) is 0.430. The zero-order valence-electron chi connectivity index (χ0n) is 16.2. The van der Waals surface area contributed by atoms with Crippen LogP contribution in [0.3, 0.4) is 0 Å². The third-order valence-electron chi connectivity index (χ3n) is 4.59. The van der Waals surface area contributed by atoms with Crippen LogP contribution in [-0.4, -0.2) is 68.0 Å². The second kappa shape index (κ2) is 8.54. The normalized spacial score (nSPS) is 19.4. The molecule has 1 aliphatic rings. The average Bonchev–Trinajstić information content (AvgIpc) is 2.60. The van der Waals surface area contributed by atoms with E-state index in [1.165, 1.54) is 6.07 Å². The van der Waals surface area contributed by atoms with Gasteiger partial charge in [0.1, 0.15) is 5.82 Å². The van der Waals surface area contributed by atoms with Crippen LogP contribution >= 0.6 is 0 Å². The van der Waals surface area contributed by atoms with Crippen molar-refractivity contribution in [3.8, 4) is 0 Å². The molecule has 2 rings (SSSR count). The Morgan fingerprint density at radius 2 is 2.04 bits per heavy atom. The molecule has 2 heterocycles. The Morgan fingerprint density at radius 1 is 1.32 bits per heavy atom. The van der Waals surface area contributed by atoms with Gasteiger partial charge in [-0.1, -0.05) is 0 Å². The number of alkyl halides is 3. The van der Waals surface area contributed by atoms with Gasteiger partial charge in [-0.25, -0.2) is 13.4 Å². The van der Waals surface area contributed by atoms with Gasteiger partial charge < -0.3 is 15.5 Å². The lowest BCUT2D eigenvalue weighted by atomic mass is 10.2. The predicted octanol–water partition coefficient (Wildman–Crippen LogP) is 1.99. The van der Waals surface area contributed by atoms with Crippen LogP contribution in [-0.2, 0) is 16.0 Å². The number of aromatic nitrogens is 1. The van der Waals surface area contributed by atoms with Crippen LogP contribution in [0.4, 0.5) is 19.0 Å². The lowest BCUT2D eigenvalue weighted by Crippen LogP contribution is -2.57. The number of halogens is 3. The summed E-state index contributed by atoms with van der Waals surface area (Å²) in [6, 6.07) is 2.28. The molecule has 0 bridgehead atoms. The number of sulfone groups is 1. The first kappa shape index (κ1) is 22.3. The Labute approximate surface area is 163 Å². The molecule has 1 saturated heterocycles. The summed E-state index contributed by atoms with van der Waals surface area (Å²) in [5.41, 5.74) is -0.782. The molecule has 158 valence electrons. The number of nitrogens with one attached hydrogen (secondary N) is 2. The van der Waals surface area contributed by atoms with E-state index in [0.29, 0.717) is 44.4 Å². The van der Waals surface area contributed by atoms with E-state index >= 15 is 0 Å². The minimum absolute atomic E-state index is 0.0852. The van der Waals surface area contributed by atoms with Crippen molar-refractivity contribution >= 4 is 21.6 Å². The van der Waals surface area contributed by atoms with Gasteiger partial charge in [0.15, 0.2) is 15.8 Å². The van der Waals surface area contributed by atoms with Crippen LogP contribution < -0.4 is 10.6 Å². The first-order valence-corrected chi connectivity index (χ1v) is 10.6. The van der Waals surface area contributed by atoms with Gasteiger partial charge in [-0.05, 0) is 32.4 Å². The van der Waals surface area contributed by atoms with Crippen molar-refractivity contribution in [2.75, 3.05) is 44.3 Å². The third-order valence-corrected chi connectivity index (χ3v) is 7.12. The Bertz CT molecular complexity index is 792. The Hall–Kier alpha value is -2.04. The third kappa shape index (κ3) is 5.49. The lowest BCUT2D eigenvalue weighted by molar-refractivity contribution is -0.137. The smallest absolute Gasteiger partial charge is 0.370 e. The van der Waals surface area contributed by atoms with Gasteiger partial charge in [-0.2, -0.15) is 13.2 Å². The van der Waals surface area contributed by atoms with Crippen molar-refractivity contribution in [2.45, 2.75) is 31.2 Å². The van der Waals surface area contributed by atoms with E-state index in [0.717, 1.165) is 12.3 Å². The highest BCUT2D eigenvalue weighted by atomic mass is 32.2. The van der Waals surface area contributed by atoms with E-state index in [1.807, 2.05) is 4.90 Å². The largest absolute Gasteiger partial charge is 0.417 e. The monoisotopic (exact) mass is 421 g/mol. The fourth-order valence-corrected chi connectivity index (χ4v) is 4.19. The Kier molecular flexibility index (Phi) is 6.79. The number of pyridine rings is 1. The van der Waals surface area contributed by atoms with E-state index in [4.69, 9.17) is 0 Å². The first-order chi connectivity index (χ1) is 13.0. The molecule has 0 aromatic carbocycles. The molecule has 0 radical (unpaired) electrons. The molecule has 0 unspecified atom stereocenters. The summed E-state index contributed by atoms with van der Waals surface area (Å²) in [5, 5.41) is 6.16. The van der Waals surface area contributed by atoms with Gasteiger partial charge >= 0.3 is 6.18 Å². The lowest BCUT2D eigenvalue weighted by Gasteiger charge is -2.39. The molecular formula is C17H26F3N5O2S. The summed E-state index contributed by atoms with van der Waals surface area (Å²) < 4.78 is 60.9. The molecule has 28 heavy (non-hydrogen) atoms. The molecule has 0 saturated carbocycles. The fourth-order valence-electron chi connectivity index (χ4n) is 2.83. The second-order valence-electron chi connectivity index (χ2n) is 7.18. The number of anilines is 1. The van der Waals surface area contributed by atoms with Gasteiger partial charge in [0, 0.05) is 39.4 Å². The molecule has 0 spiro atoms. The van der Waals surface area contributed by atoms with Crippen LogP contribution in [0.1, 0.15) is 25.8 Å². The van der Waals surface area contributed by atoms with Crippen molar-refractivity contribution in [1.82, 2.24) is 15.2 Å². The summed E-state index contributed by atoms with van der Waals surface area (Å²) in [6.45, 7) is 5.26. The predicted molar refractivity (Wildman–Crippen MR) is 103 cm³/mol. The zero-order chi connectivity index (χ0) is 21.0. The Balaban J connectivity index is 1.76. The SMILES string of the molecule is CN=C(NCCCNc1ccc(C(F)(F)F)cn1)N1CCS(=O)(=O)C(C)(C)C1. The van der Waals surface area contributed by atoms with E-state index in [-0.39, 0.29) is 5.75 Å². The highest BCUT2D eigenvalue weighted by Gasteiger charge is 2.40. The minimum Gasteiger partial charge on any atom is -0.370 e. The number of aliphatic imine (C=N–C) groups is 1. The van der Waals surface area contributed by atoms with E-state index in [2.05, 4.69) is 20.6 Å². The molecule has 7 nitrogen and oxygen atoms in total. The van der Waals surface area contributed by atoms with Gasteiger partial charge in [0.2, 0.25) is 0 Å². The number of rotatable bonds is 5. The number of hydrogen-bond acceptors (Lipinski definition) is 5. The first-order valence-electron chi connectivity index (χ1n) is 8.91. The van der Waals surface area contributed by atoms with Gasteiger partial charge in [0.05, 0.1) is 16.1 Å². The van der Waals surface area contributed by atoms with Crippen molar-refractivity contribution < 1.29 is 21.6 Å². The molecule has 1 aliphatic heterocycles. The highest BCUT2D eigenvalue weighted by molar-refractivity contribution is 7.92. The maximum Gasteiger partial charge on any atom is 0.417 e. The van der Waals surface area contributed by atoms with Crippen LogP contribution in [0.25, 0.3) is 0 Å². The standard InChI is InChI=1S/C17H26F3N5O2S/c1-16(2)12-25(9-10-28(16,26)27)15(21-3)23-8-4-7-22-14-6-5-13(11-24-14)17(18,19)20/h5-6,11H,4,7-10,12H2,1-3H3,(H,21,23)(H,22,24). The average molecular weight is 421 g/mol. The van der Waals surface area contributed by atoms with E-state index in [1.54, 1.807) is 20.9 Å². The molecule has 0 amide bonds. The highest BCUT2D eigenvalue weighted by Crippen LogP contribution is 2.28. The fraction of sp³-hybridized carbons (Fsp3) is 0.647. The van der Waals surface area contributed by atoms with Gasteiger partial charge in [0.25, 0.3) is 0 Å². The number of guanidine groups is 1. The molecule has 1 aromatic rings. The molecule has 2 N–H and O–H groups in total. The second-order valence-corrected chi connectivity index (χ2v) is 9.93. The summed E-state index contributed by atoms with van der Waals surface area (Å²) in [5.74, 6) is 1.10. The molecular weight excluding hydrogens is 395 g/mol. The van der Waals surface area contributed by atoms with Crippen molar-refractivity contribution in [3.63, 3.8) is 0 Å². The van der Waals surface area contributed by atoms with E-state index in [9.17, 15) is 21.6 Å². The van der Waals surface area contributed by atoms with E-state index < -0.39 is 26.3 Å². The van der Waals surface area contributed by atoms with Crippen molar-refractivity contribution in [2.24, 2.45) is 4.99 Å². The number of nitrogens with zero attached hydrogens (tertiary/aromatic N) is 3. The molecule has 0 aliphatic carbocycles. The van der Waals surface area contributed by atoms with Crippen LogP contribution in [0.2, 0.25) is 0 Å². The molecule has 1 aromatic heterocycles. The van der Waals surface area contributed by atoms with Gasteiger partial charge in [-0.15, -0.1) is 0 Å². The van der Waals surface area contributed by atoms with Crippen molar-refractivity contribution in [1.29, 1.82) is 0 Å². The molecule has 0 atom stereocenters. The van der Waals surface area contributed by atoms with Gasteiger partial charge in [-0.3, -0.25) is 4.99 Å².